The molecule has 0 spiro atoms. The Labute approximate surface area is 131 Å². The molecule has 0 saturated carbocycles. The van der Waals surface area contributed by atoms with Gasteiger partial charge in [-0.1, -0.05) is 24.3 Å². The molecule has 1 amide bonds. The Morgan fingerprint density at radius 1 is 1.24 bits per heavy atom. The molecule has 1 aliphatic carbocycles. The van der Waals surface area contributed by atoms with E-state index < -0.39 is 0 Å². The molecule has 0 aromatic heterocycles. The topological polar surface area (TPSA) is 35.6 Å². The van der Waals surface area contributed by atoms with Gasteiger partial charge in [-0.2, -0.15) is 0 Å². The van der Waals surface area contributed by atoms with Crippen molar-refractivity contribution in [2.24, 2.45) is 5.92 Å². The van der Waals surface area contributed by atoms with Gasteiger partial charge in [-0.25, -0.2) is 0 Å². The van der Waals surface area contributed by atoms with Crippen LogP contribution in [0.3, 0.4) is 0 Å². The third kappa shape index (κ3) is 2.88. The van der Waals surface area contributed by atoms with Gasteiger partial charge in [0.25, 0.3) is 0 Å². The van der Waals surface area contributed by atoms with Crippen molar-refractivity contribution in [2.75, 3.05) is 20.1 Å². The minimum absolute atomic E-state index is 0.197. The van der Waals surface area contributed by atoms with Crippen LogP contribution in [0.25, 0.3) is 0 Å². The van der Waals surface area contributed by atoms with Crippen molar-refractivity contribution in [3.8, 4) is 0 Å². The summed E-state index contributed by atoms with van der Waals surface area (Å²) < 4.78 is 0. The van der Waals surface area contributed by atoms with Crippen LogP contribution in [0.2, 0.25) is 0 Å². The minimum atomic E-state index is 0.197. The van der Waals surface area contributed by atoms with Gasteiger partial charge in [-0.3, -0.25) is 14.8 Å². The van der Waals surface area contributed by atoms with E-state index in [1.54, 1.807) is 7.05 Å². The fourth-order valence-electron chi connectivity index (χ4n) is 3.36. The Kier molecular flexibility index (Phi) is 4.10. The van der Waals surface area contributed by atoms with E-state index in [4.69, 9.17) is 12.2 Å². The highest BCUT2D eigenvalue weighted by atomic mass is 32.1. The van der Waals surface area contributed by atoms with Crippen LogP contribution in [-0.2, 0) is 17.6 Å². The van der Waals surface area contributed by atoms with Crippen molar-refractivity contribution in [3.05, 3.63) is 35.4 Å². The SMILES string of the molecule is CNC(=S)N1CCCN1C(=O)CC1Cc2ccccc2C1. The van der Waals surface area contributed by atoms with E-state index in [9.17, 15) is 4.79 Å². The summed E-state index contributed by atoms with van der Waals surface area (Å²) in [6, 6.07) is 8.52. The minimum Gasteiger partial charge on any atom is -0.364 e. The van der Waals surface area contributed by atoms with Gasteiger partial charge in [0.1, 0.15) is 0 Å². The highest BCUT2D eigenvalue weighted by Crippen LogP contribution is 2.29. The average Bonchev–Trinajstić information content (AvgIpc) is 3.12. The Hall–Kier alpha value is -1.62. The lowest BCUT2D eigenvalue weighted by Crippen LogP contribution is -2.48. The van der Waals surface area contributed by atoms with Gasteiger partial charge >= 0.3 is 0 Å². The van der Waals surface area contributed by atoms with Crippen LogP contribution < -0.4 is 5.32 Å². The molecule has 5 heteroatoms. The highest BCUT2D eigenvalue weighted by molar-refractivity contribution is 7.80. The average molecular weight is 303 g/mol. The smallest absolute Gasteiger partial charge is 0.241 e. The van der Waals surface area contributed by atoms with Crippen molar-refractivity contribution in [3.63, 3.8) is 0 Å². The zero-order valence-corrected chi connectivity index (χ0v) is 13.2. The largest absolute Gasteiger partial charge is 0.364 e. The second-order valence-electron chi connectivity index (χ2n) is 5.80. The third-order valence-corrected chi connectivity index (χ3v) is 4.78. The summed E-state index contributed by atoms with van der Waals surface area (Å²) in [4.78, 5) is 12.6. The fraction of sp³-hybridized carbons (Fsp3) is 0.500. The van der Waals surface area contributed by atoms with Crippen LogP contribution in [0.1, 0.15) is 24.0 Å². The maximum Gasteiger partial charge on any atom is 0.241 e. The van der Waals surface area contributed by atoms with Crippen molar-refractivity contribution in [1.82, 2.24) is 15.3 Å². The number of hydrogen-bond acceptors (Lipinski definition) is 2. The van der Waals surface area contributed by atoms with Gasteiger partial charge in [-0.15, -0.1) is 0 Å². The van der Waals surface area contributed by atoms with Crippen molar-refractivity contribution in [2.45, 2.75) is 25.7 Å². The predicted molar refractivity (Wildman–Crippen MR) is 86.7 cm³/mol. The number of carbonyl (C=O) groups is 1. The molecule has 1 fully saturated rings. The van der Waals surface area contributed by atoms with E-state index in [2.05, 4.69) is 29.6 Å². The molecule has 1 aliphatic heterocycles. The summed E-state index contributed by atoms with van der Waals surface area (Å²) in [5, 5.41) is 7.32. The van der Waals surface area contributed by atoms with E-state index in [0.29, 0.717) is 17.5 Å². The van der Waals surface area contributed by atoms with Crippen LogP contribution >= 0.6 is 12.2 Å². The van der Waals surface area contributed by atoms with Crippen molar-refractivity contribution < 1.29 is 4.79 Å². The molecule has 1 heterocycles. The molecule has 1 aromatic carbocycles. The number of hydrogen-bond donors (Lipinski definition) is 1. The van der Waals surface area contributed by atoms with Crippen LogP contribution in [0.15, 0.2) is 24.3 Å². The highest BCUT2D eigenvalue weighted by Gasteiger charge is 2.31. The molecule has 2 aliphatic rings. The van der Waals surface area contributed by atoms with Crippen LogP contribution in [0, 0.1) is 5.92 Å². The molecule has 0 unspecified atom stereocenters. The molecule has 1 aromatic rings. The first-order chi connectivity index (χ1) is 10.2. The zero-order chi connectivity index (χ0) is 14.8. The molecule has 0 bridgehead atoms. The van der Waals surface area contributed by atoms with Gasteiger partial charge in [0.2, 0.25) is 5.91 Å². The Bertz CT molecular complexity index is 535. The summed E-state index contributed by atoms with van der Waals surface area (Å²) in [5.41, 5.74) is 2.80. The molecule has 1 N–H and O–H groups in total. The van der Waals surface area contributed by atoms with Crippen molar-refractivity contribution >= 4 is 23.2 Å². The van der Waals surface area contributed by atoms with E-state index in [1.165, 1.54) is 11.1 Å². The fourth-order valence-corrected chi connectivity index (χ4v) is 3.55. The summed E-state index contributed by atoms with van der Waals surface area (Å²) in [6.07, 6.45) is 3.63. The number of amides is 1. The Morgan fingerprint density at radius 3 is 2.48 bits per heavy atom. The van der Waals surface area contributed by atoms with E-state index in [0.717, 1.165) is 32.4 Å². The summed E-state index contributed by atoms with van der Waals surface area (Å²) in [7, 11) is 1.80. The van der Waals surface area contributed by atoms with Crippen LogP contribution in [-0.4, -0.2) is 41.2 Å². The Morgan fingerprint density at radius 2 is 1.86 bits per heavy atom. The number of fused-ring (bicyclic) bond motifs is 1. The molecule has 21 heavy (non-hydrogen) atoms. The molecule has 0 atom stereocenters. The molecule has 0 radical (unpaired) electrons. The van der Waals surface area contributed by atoms with Gasteiger partial charge in [0.15, 0.2) is 5.11 Å². The van der Waals surface area contributed by atoms with Crippen molar-refractivity contribution in [1.29, 1.82) is 0 Å². The maximum atomic E-state index is 12.6. The number of rotatable bonds is 2. The molecule has 4 nitrogen and oxygen atoms in total. The third-order valence-electron chi connectivity index (χ3n) is 4.37. The summed E-state index contributed by atoms with van der Waals surface area (Å²) >= 11 is 5.27. The van der Waals surface area contributed by atoms with Gasteiger partial charge in [-0.05, 0) is 48.5 Å². The molecular formula is C16H21N3OS. The van der Waals surface area contributed by atoms with Gasteiger partial charge in [0.05, 0.1) is 0 Å². The standard InChI is InChI=1S/C16H21N3OS/c1-17-16(21)19-8-4-7-18(19)15(20)11-12-9-13-5-2-3-6-14(13)10-12/h2-3,5-6,12H,4,7-11H2,1H3,(H,17,21). The predicted octanol–water partition coefficient (Wildman–Crippen LogP) is 1.75. The lowest BCUT2D eigenvalue weighted by atomic mass is 10.0. The summed E-state index contributed by atoms with van der Waals surface area (Å²) in [5.74, 6) is 0.628. The monoisotopic (exact) mass is 303 g/mol. The van der Waals surface area contributed by atoms with Gasteiger partial charge < -0.3 is 5.32 Å². The normalized spacial score (nSPS) is 18.0. The van der Waals surface area contributed by atoms with E-state index in [-0.39, 0.29) is 5.91 Å². The molecule has 1 saturated heterocycles. The number of hydrazine groups is 1. The number of nitrogens with zero attached hydrogens (tertiary/aromatic N) is 2. The second kappa shape index (κ2) is 6.02. The molecule has 112 valence electrons. The molecule has 3 rings (SSSR count). The first-order valence-corrected chi connectivity index (χ1v) is 7.96. The second-order valence-corrected chi connectivity index (χ2v) is 6.18. The maximum absolute atomic E-state index is 12.6. The Balaban J connectivity index is 1.61. The summed E-state index contributed by atoms with van der Waals surface area (Å²) in [6.45, 7) is 1.61. The van der Waals surface area contributed by atoms with E-state index >= 15 is 0 Å². The number of thiocarbonyl (C=S) groups is 1. The van der Waals surface area contributed by atoms with Gasteiger partial charge in [0, 0.05) is 26.6 Å². The number of benzene rings is 1. The lowest BCUT2D eigenvalue weighted by Gasteiger charge is -2.30. The number of nitrogens with one attached hydrogen (secondary N) is 1. The zero-order valence-electron chi connectivity index (χ0n) is 12.3. The first kappa shape index (κ1) is 14.3. The first-order valence-electron chi connectivity index (χ1n) is 7.55. The lowest BCUT2D eigenvalue weighted by molar-refractivity contribution is -0.139. The van der Waals surface area contributed by atoms with Crippen LogP contribution in [0.4, 0.5) is 0 Å². The quantitative estimate of drug-likeness (QED) is 0.844. The van der Waals surface area contributed by atoms with Crippen LogP contribution in [0.5, 0.6) is 0 Å². The molecular weight excluding hydrogens is 282 g/mol. The number of carbonyl (C=O) groups excluding carboxylic acids is 1. The van der Waals surface area contributed by atoms with E-state index in [1.807, 2.05) is 10.0 Å².